The number of morpholine rings is 1. The van der Waals surface area contributed by atoms with E-state index in [1.54, 1.807) is 0 Å². The van der Waals surface area contributed by atoms with Gasteiger partial charge in [0.2, 0.25) is 0 Å². The molecule has 5 heteroatoms. The fourth-order valence-electron chi connectivity index (χ4n) is 1.47. The first-order valence-electron chi connectivity index (χ1n) is 4.56. The van der Waals surface area contributed by atoms with Crippen molar-refractivity contribution in [1.29, 1.82) is 0 Å². The maximum absolute atomic E-state index is 8.38. The van der Waals surface area contributed by atoms with Crippen LogP contribution in [0.3, 0.4) is 0 Å². The van der Waals surface area contributed by atoms with Crippen LogP contribution in [0.2, 0.25) is 0 Å². The zero-order chi connectivity index (χ0) is 9.68. The van der Waals surface area contributed by atoms with Gasteiger partial charge in [0, 0.05) is 19.5 Å². The summed E-state index contributed by atoms with van der Waals surface area (Å²) in [6.45, 7) is 5.72. The zero-order valence-corrected chi connectivity index (χ0v) is 7.94. The lowest BCUT2D eigenvalue weighted by molar-refractivity contribution is -0.0226. The highest BCUT2D eigenvalue weighted by atomic mass is 16.5. The van der Waals surface area contributed by atoms with Gasteiger partial charge in [-0.15, -0.1) is 0 Å². The highest BCUT2D eigenvalue weighted by Gasteiger charge is 2.20. The number of likely N-dealkylation sites (N-methyl/N-ethyl adjacent to an activating group) is 1. The highest BCUT2D eigenvalue weighted by Crippen LogP contribution is 2.07. The van der Waals surface area contributed by atoms with Crippen LogP contribution in [-0.2, 0) is 4.74 Å². The van der Waals surface area contributed by atoms with Crippen LogP contribution >= 0.6 is 0 Å². The van der Waals surface area contributed by atoms with Crippen molar-refractivity contribution in [1.82, 2.24) is 4.90 Å². The number of hydrogen-bond donors (Lipinski definition) is 2. The summed E-state index contributed by atoms with van der Waals surface area (Å²) in [6, 6.07) is 0. The Bertz CT molecular complexity index is 184. The zero-order valence-electron chi connectivity index (χ0n) is 7.94. The quantitative estimate of drug-likeness (QED) is 0.279. The van der Waals surface area contributed by atoms with E-state index in [4.69, 9.17) is 15.7 Å². The van der Waals surface area contributed by atoms with E-state index in [2.05, 4.69) is 17.0 Å². The van der Waals surface area contributed by atoms with Crippen molar-refractivity contribution in [3.8, 4) is 0 Å². The Balaban J connectivity index is 2.34. The van der Waals surface area contributed by atoms with Gasteiger partial charge in [-0.05, 0) is 6.54 Å². The molecule has 0 bridgehead atoms. The highest BCUT2D eigenvalue weighted by molar-refractivity contribution is 5.80. The molecule has 0 spiro atoms. The average Bonchev–Trinajstić information content (AvgIpc) is 2.18. The Morgan fingerprint density at radius 3 is 3.15 bits per heavy atom. The van der Waals surface area contributed by atoms with Crippen LogP contribution in [0.1, 0.15) is 13.3 Å². The molecule has 5 nitrogen and oxygen atoms in total. The summed E-state index contributed by atoms with van der Waals surface area (Å²) in [4.78, 5) is 2.29. The monoisotopic (exact) mass is 187 g/mol. The molecular formula is C8H17N3O2. The molecule has 0 aliphatic carbocycles. The molecule has 1 atom stereocenters. The van der Waals surface area contributed by atoms with Gasteiger partial charge in [0.05, 0.1) is 12.7 Å². The van der Waals surface area contributed by atoms with E-state index in [1.807, 2.05) is 0 Å². The summed E-state index contributed by atoms with van der Waals surface area (Å²) in [5, 5.41) is 11.3. The minimum atomic E-state index is 0.0737. The molecule has 1 aliphatic heterocycles. The molecule has 0 aromatic rings. The van der Waals surface area contributed by atoms with Crippen LogP contribution in [-0.4, -0.2) is 48.3 Å². The first-order valence-corrected chi connectivity index (χ1v) is 4.56. The molecule has 1 unspecified atom stereocenters. The number of oxime groups is 1. The van der Waals surface area contributed by atoms with Gasteiger partial charge in [-0.1, -0.05) is 12.1 Å². The molecule has 1 rings (SSSR count). The van der Waals surface area contributed by atoms with Gasteiger partial charge < -0.3 is 15.7 Å². The number of amidine groups is 1. The number of nitrogens with two attached hydrogens (primary N) is 1. The van der Waals surface area contributed by atoms with E-state index in [0.717, 1.165) is 26.2 Å². The molecule has 0 amide bonds. The second kappa shape index (κ2) is 5.04. The van der Waals surface area contributed by atoms with E-state index >= 15 is 0 Å². The topological polar surface area (TPSA) is 71.1 Å². The molecule has 1 fully saturated rings. The number of hydrogen-bond acceptors (Lipinski definition) is 4. The van der Waals surface area contributed by atoms with Gasteiger partial charge in [0.1, 0.15) is 5.84 Å². The Hall–Kier alpha value is -0.810. The summed E-state index contributed by atoms with van der Waals surface area (Å²) in [5.41, 5.74) is 5.39. The van der Waals surface area contributed by atoms with Crippen molar-refractivity contribution >= 4 is 5.84 Å². The third-order valence-electron chi connectivity index (χ3n) is 2.24. The summed E-state index contributed by atoms with van der Waals surface area (Å²) < 4.78 is 5.47. The van der Waals surface area contributed by atoms with Gasteiger partial charge in [-0.2, -0.15) is 0 Å². The number of rotatable bonds is 3. The van der Waals surface area contributed by atoms with Crippen LogP contribution < -0.4 is 5.73 Å². The third-order valence-corrected chi connectivity index (χ3v) is 2.24. The van der Waals surface area contributed by atoms with Crippen molar-refractivity contribution in [2.45, 2.75) is 19.4 Å². The lowest BCUT2D eigenvalue weighted by atomic mass is 10.2. The van der Waals surface area contributed by atoms with Gasteiger partial charge in [-0.25, -0.2) is 0 Å². The Morgan fingerprint density at radius 1 is 1.77 bits per heavy atom. The van der Waals surface area contributed by atoms with E-state index < -0.39 is 0 Å². The standard InChI is InChI=1S/C8H17N3O2/c1-2-11-3-4-13-7(6-11)5-8(9)10-12/h7,12H,2-6H2,1H3,(H2,9,10). The van der Waals surface area contributed by atoms with E-state index in [-0.39, 0.29) is 11.9 Å². The molecule has 3 N–H and O–H groups in total. The lowest BCUT2D eigenvalue weighted by Gasteiger charge is -2.31. The van der Waals surface area contributed by atoms with Crippen molar-refractivity contribution < 1.29 is 9.94 Å². The van der Waals surface area contributed by atoms with E-state index in [9.17, 15) is 0 Å². The summed E-state index contributed by atoms with van der Waals surface area (Å²) >= 11 is 0. The maximum atomic E-state index is 8.38. The maximum Gasteiger partial charge on any atom is 0.141 e. The lowest BCUT2D eigenvalue weighted by Crippen LogP contribution is -2.43. The van der Waals surface area contributed by atoms with E-state index in [1.165, 1.54) is 0 Å². The molecule has 76 valence electrons. The SMILES string of the molecule is CCN1CCOC(CC(N)=NO)C1. The molecular weight excluding hydrogens is 170 g/mol. The molecule has 0 radical (unpaired) electrons. The molecule has 0 aromatic heterocycles. The molecule has 1 aliphatic rings. The fourth-order valence-corrected chi connectivity index (χ4v) is 1.47. The Labute approximate surface area is 78.1 Å². The smallest absolute Gasteiger partial charge is 0.141 e. The molecule has 1 heterocycles. The summed E-state index contributed by atoms with van der Waals surface area (Å²) in [5.74, 6) is 0.239. The normalized spacial score (nSPS) is 26.2. The first-order chi connectivity index (χ1) is 6.26. The van der Waals surface area contributed by atoms with E-state index in [0.29, 0.717) is 6.42 Å². The van der Waals surface area contributed by atoms with Gasteiger partial charge >= 0.3 is 0 Å². The van der Waals surface area contributed by atoms with Crippen molar-refractivity contribution in [2.75, 3.05) is 26.2 Å². The van der Waals surface area contributed by atoms with Crippen LogP contribution in [0, 0.1) is 0 Å². The second-order valence-electron chi connectivity index (χ2n) is 3.18. The summed E-state index contributed by atoms with van der Waals surface area (Å²) in [6.07, 6.45) is 0.581. The first kappa shape index (κ1) is 10.3. The van der Waals surface area contributed by atoms with Crippen molar-refractivity contribution in [3.05, 3.63) is 0 Å². The minimum Gasteiger partial charge on any atom is -0.409 e. The molecule has 1 saturated heterocycles. The largest absolute Gasteiger partial charge is 0.409 e. The summed E-state index contributed by atoms with van der Waals surface area (Å²) in [7, 11) is 0. The van der Waals surface area contributed by atoms with Gasteiger partial charge in [0.15, 0.2) is 0 Å². The fraction of sp³-hybridized carbons (Fsp3) is 0.875. The van der Waals surface area contributed by atoms with Crippen molar-refractivity contribution in [2.24, 2.45) is 10.9 Å². The Kier molecular flexibility index (Phi) is 3.98. The number of nitrogens with zero attached hydrogens (tertiary/aromatic N) is 2. The molecule has 0 aromatic carbocycles. The predicted octanol–water partition coefficient (Wildman–Crippen LogP) is -0.156. The van der Waals surface area contributed by atoms with Crippen molar-refractivity contribution in [3.63, 3.8) is 0 Å². The minimum absolute atomic E-state index is 0.0737. The van der Waals surface area contributed by atoms with Crippen LogP contribution in [0.15, 0.2) is 5.16 Å². The number of ether oxygens (including phenoxy) is 1. The van der Waals surface area contributed by atoms with Gasteiger partial charge in [-0.3, -0.25) is 4.90 Å². The molecule has 0 saturated carbocycles. The van der Waals surface area contributed by atoms with Crippen LogP contribution in [0.4, 0.5) is 0 Å². The second-order valence-corrected chi connectivity index (χ2v) is 3.18. The average molecular weight is 187 g/mol. The van der Waals surface area contributed by atoms with Crippen LogP contribution in [0.25, 0.3) is 0 Å². The van der Waals surface area contributed by atoms with Crippen LogP contribution in [0.5, 0.6) is 0 Å². The van der Waals surface area contributed by atoms with Gasteiger partial charge in [0.25, 0.3) is 0 Å². The molecule has 13 heavy (non-hydrogen) atoms. The third kappa shape index (κ3) is 3.20. The predicted molar refractivity (Wildman–Crippen MR) is 49.9 cm³/mol. The Morgan fingerprint density at radius 2 is 2.54 bits per heavy atom.